The van der Waals surface area contributed by atoms with Crippen LogP contribution < -0.4 is 10.6 Å². The first-order chi connectivity index (χ1) is 8.86. The number of hydrogen-bond donors (Lipinski definition) is 2. The van der Waals surface area contributed by atoms with Crippen LogP contribution in [0.5, 0.6) is 0 Å². The van der Waals surface area contributed by atoms with Crippen molar-refractivity contribution in [2.75, 3.05) is 13.1 Å². The van der Waals surface area contributed by atoms with Gasteiger partial charge in [0.15, 0.2) is 0 Å². The molecule has 1 atom stereocenters. The summed E-state index contributed by atoms with van der Waals surface area (Å²) in [6.07, 6.45) is 11.0. The molecule has 1 aliphatic heterocycles. The Morgan fingerprint density at radius 3 is 3.11 bits per heavy atom. The van der Waals surface area contributed by atoms with Crippen LogP contribution in [0.25, 0.3) is 0 Å². The Morgan fingerprint density at radius 1 is 1.44 bits per heavy atom. The monoisotopic (exact) mass is 250 g/mol. The first-order valence-corrected chi connectivity index (χ1v) is 6.83. The molecule has 100 valence electrons. The third-order valence-corrected chi connectivity index (χ3v) is 3.33. The molecule has 1 fully saturated rings. The van der Waals surface area contributed by atoms with Crippen LogP contribution >= 0.6 is 0 Å². The van der Waals surface area contributed by atoms with Crippen molar-refractivity contribution in [1.82, 2.24) is 20.2 Å². The summed E-state index contributed by atoms with van der Waals surface area (Å²) in [5.74, 6) is 0.164. The van der Waals surface area contributed by atoms with Gasteiger partial charge in [-0.1, -0.05) is 6.42 Å². The number of hydrogen-bond acceptors (Lipinski definition) is 3. The van der Waals surface area contributed by atoms with Crippen molar-refractivity contribution in [3.05, 3.63) is 18.7 Å². The van der Waals surface area contributed by atoms with Crippen LogP contribution in [0.3, 0.4) is 0 Å². The van der Waals surface area contributed by atoms with Crippen LogP contribution in [0, 0.1) is 0 Å². The van der Waals surface area contributed by atoms with E-state index in [0.717, 1.165) is 45.3 Å². The second-order valence-corrected chi connectivity index (χ2v) is 4.80. The summed E-state index contributed by atoms with van der Waals surface area (Å²) in [7, 11) is 0. The van der Waals surface area contributed by atoms with E-state index in [-0.39, 0.29) is 11.9 Å². The average Bonchev–Trinajstić information content (AvgIpc) is 2.92. The fourth-order valence-corrected chi connectivity index (χ4v) is 2.25. The molecule has 5 heteroatoms. The molecule has 2 rings (SSSR count). The maximum Gasteiger partial charge on any atom is 0.237 e. The van der Waals surface area contributed by atoms with Gasteiger partial charge in [0.2, 0.25) is 5.91 Å². The Labute approximate surface area is 108 Å². The van der Waals surface area contributed by atoms with Gasteiger partial charge in [-0.25, -0.2) is 4.98 Å². The number of imidazole rings is 1. The fourth-order valence-electron chi connectivity index (χ4n) is 2.25. The Bertz CT molecular complexity index is 344. The number of carbonyl (C=O) groups is 1. The summed E-state index contributed by atoms with van der Waals surface area (Å²) in [5, 5.41) is 6.26. The SMILES string of the molecule is O=C(NCCCCn1ccnc1)[C@H]1CCCCN1. The molecule has 1 aromatic rings. The second-order valence-electron chi connectivity index (χ2n) is 4.80. The number of nitrogens with one attached hydrogen (secondary N) is 2. The number of rotatable bonds is 6. The lowest BCUT2D eigenvalue weighted by atomic mass is 10.0. The van der Waals surface area contributed by atoms with E-state index in [2.05, 4.69) is 20.2 Å². The van der Waals surface area contributed by atoms with Crippen molar-refractivity contribution in [2.45, 2.75) is 44.7 Å². The lowest BCUT2D eigenvalue weighted by Gasteiger charge is -2.22. The molecule has 1 saturated heterocycles. The van der Waals surface area contributed by atoms with Crippen molar-refractivity contribution >= 4 is 5.91 Å². The zero-order valence-corrected chi connectivity index (χ0v) is 10.8. The zero-order valence-electron chi connectivity index (χ0n) is 10.8. The summed E-state index contributed by atoms with van der Waals surface area (Å²) in [6.45, 7) is 2.71. The van der Waals surface area contributed by atoms with E-state index in [0.29, 0.717) is 0 Å². The van der Waals surface area contributed by atoms with Crippen molar-refractivity contribution in [3.8, 4) is 0 Å². The minimum Gasteiger partial charge on any atom is -0.355 e. The van der Waals surface area contributed by atoms with Gasteiger partial charge in [-0.2, -0.15) is 0 Å². The number of carbonyl (C=O) groups excluding carboxylic acids is 1. The molecule has 2 N–H and O–H groups in total. The Morgan fingerprint density at radius 2 is 2.39 bits per heavy atom. The third-order valence-electron chi connectivity index (χ3n) is 3.33. The van der Waals surface area contributed by atoms with Gasteiger partial charge in [-0.15, -0.1) is 0 Å². The van der Waals surface area contributed by atoms with Crippen molar-refractivity contribution in [3.63, 3.8) is 0 Å². The van der Waals surface area contributed by atoms with Gasteiger partial charge in [0.25, 0.3) is 0 Å². The van der Waals surface area contributed by atoms with E-state index in [9.17, 15) is 4.79 Å². The highest BCUT2D eigenvalue weighted by Gasteiger charge is 2.19. The Balaban J connectivity index is 1.53. The first-order valence-electron chi connectivity index (χ1n) is 6.83. The Hall–Kier alpha value is -1.36. The van der Waals surface area contributed by atoms with Gasteiger partial charge in [0.1, 0.15) is 0 Å². The van der Waals surface area contributed by atoms with Gasteiger partial charge in [0, 0.05) is 25.5 Å². The molecule has 0 bridgehead atoms. The maximum absolute atomic E-state index is 11.8. The largest absolute Gasteiger partial charge is 0.355 e. The zero-order chi connectivity index (χ0) is 12.6. The molecule has 0 spiro atoms. The lowest BCUT2D eigenvalue weighted by Crippen LogP contribution is -2.46. The predicted octanol–water partition coefficient (Wildman–Crippen LogP) is 0.922. The van der Waals surface area contributed by atoms with Crippen LogP contribution in [-0.4, -0.2) is 34.6 Å². The molecule has 18 heavy (non-hydrogen) atoms. The van der Waals surface area contributed by atoms with Crippen LogP contribution in [0.15, 0.2) is 18.7 Å². The topological polar surface area (TPSA) is 59.0 Å². The third kappa shape index (κ3) is 4.14. The molecule has 0 aromatic carbocycles. The number of aromatic nitrogens is 2. The van der Waals surface area contributed by atoms with Crippen LogP contribution in [0.1, 0.15) is 32.1 Å². The second kappa shape index (κ2) is 7.16. The fraction of sp³-hybridized carbons (Fsp3) is 0.692. The van der Waals surface area contributed by atoms with E-state index in [1.165, 1.54) is 6.42 Å². The molecule has 0 aliphatic carbocycles. The summed E-state index contributed by atoms with van der Waals surface area (Å²) < 4.78 is 2.06. The normalized spacial score (nSPS) is 19.7. The smallest absolute Gasteiger partial charge is 0.237 e. The van der Waals surface area contributed by atoms with Crippen molar-refractivity contribution in [2.24, 2.45) is 0 Å². The van der Waals surface area contributed by atoms with Crippen LogP contribution in [0.2, 0.25) is 0 Å². The van der Waals surface area contributed by atoms with E-state index in [4.69, 9.17) is 0 Å². The molecule has 1 aliphatic rings. The molecule has 0 saturated carbocycles. The van der Waals surface area contributed by atoms with Gasteiger partial charge >= 0.3 is 0 Å². The van der Waals surface area contributed by atoms with Gasteiger partial charge < -0.3 is 15.2 Å². The van der Waals surface area contributed by atoms with E-state index < -0.39 is 0 Å². The number of unbranched alkanes of at least 4 members (excludes halogenated alkanes) is 1. The number of amides is 1. The van der Waals surface area contributed by atoms with Crippen LogP contribution in [0.4, 0.5) is 0 Å². The molecule has 1 aromatic heterocycles. The van der Waals surface area contributed by atoms with Crippen molar-refractivity contribution in [1.29, 1.82) is 0 Å². The first kappa shape index (κ1) is 13.1. The average molecular weight is 250 g/mol. The minimum absolute atomic E-state index is 0.0346. The number of aryl methyl sites for hydroxylation is 1. The molecule has 0 radical (unpaired) electrons. The summed E-state index contributed by atoms with van der Waals surface area (Å²) in [6, 6.07) is 0.0346. The maximum atomic E-state index is 11.8. The highest BCUT2D eigenvalue weighted by atomic mass is 16.2. The summed E-state index contributed by atoms with van der Waals surface area (Å²) in [4.78, 5) is 15.8. The van der Waals surface area contributed by atoms with Gasteiger partial charge in [-0.05, 0) is 32.2 Å². The lowest BCUT2D eigenvalue weighted by molar-refractivity contribution is -0.123. The minimum atomic E-state index is 0.0346. The van der Waals surface area contributed by atoms with Gasteiger partial charge in [-0.3, -0.25) is 4.79 Å². The molecule has 5 nitrogen and oxygen atoms in total. The highest BCUT2D eigenvalue weighted by Crippen LogP contribution is 2.06. The molecular formula is C13H22N4O. The van der Waals surface area contributed by atoms with Crippen LogP contribution in [-0.2, 0) is 11.3 Å². The molecule has 1 amide bonds. The molecule has 0 unspecified atom stereocenters. The Kier molecular flexibility index (Phi) is 5.20. The van der Waals surface area contributed by atoms with Crippen molar-refractivity contribution < 1.29 is 4.79 Å². The van der Waals surface area contributed by atoms with Gasteiger partial charge in [0.05, 0.1) is 12.4 Å². The molecule has 2 heterocycles. The highest BCUT2D eigenvalue weighted by molar-refractivity contribution is 5.81. The predicted molar refractivity (Wildman–Crippen MR) is 70.1 cm³/mol. The summed E-state index contributed by atoms with van der Waals surface area (Å²) in [5.41, 5.74) is 0. The van der Waals surface area contributed by atoms with E-state index >= 15 is 0 Å². The number of piperidine rings is 1. The molecular weight excluding hydrogens is 228 g/mol. The summed E-state index contributed by atoms with van der Waals surface area (Å²) >= 11 is 0. The van der Waals surface area contributed by atoms with E-state index in [1.54, 1.807) is 6.20 Å². The van der Waals surface area contributed by atoms with E-state index in [1.807, 2.05) is 12.5 Å². The standard InChI is InChI=1S/C13H22N4O/c18-13(12-5-1-2-6-15-12)16-7-3-4-9-17-10-8-14-11-17/h8,10-12,15H,1-7,9H2,(H,16,18)/t12-/m1/s1. The quantitative estimate of drug-likeness (QED) is 0.738. The number of nitrogens with zero attached hydrogens (tertiary/aromatic N) is 2.